The van der Waals surface area contributed by atoms with Crippen LogP contribution in [0.2, 0.25) is 0 Å². The molecule has 0 amide bonds. The fourth-order valence-corrected chi connectivity index (χ4v) is 9.54. The maximum absolute atomic E-state index is 7.08. The quantitative estimate of drug-likeness (QED) is 0.171. The van der Waals surface area contributed by atoms with Crippen molar-refractivity contribution < 1.29 is 4.42 Å². The van der Waals surface area contributed by atoms with E-state index in [-0.39, 0.29) is 12.1 Å². The Morgan fingerprint density at radius 3 is 1.69 bits per heavy atom. The lowest BCUT2D eigenvalue weighted by Crippen LogP contribution is -2.61. The molecule has 258 valence electrons. The normalized spacial score (nSPS) is 14.8. The molecule has 4 heteroatoms. The molecule has 3 aliphatic rings. The Bertz CT molecular complexity index is 2750. The Morgan fingerprint density at radius 1 is 0.537 bits per heavy atom. The number of anilines is 6. The maximum Gasteiger partial charge on any atom is 0.297 e. The van der Waals surface area contributed by atoms with E-state index in [4.69, 9.17) is 4.42 Å². The summed E-state index contributed by atoms with van der Waals surface area (Å²) >= 11 is 0. The summed E-state index contributed by atoms with van der Waals surface area (Å²) in [6, 6.07) is 57.9. The topological polar surface area (TPSA) is 19.6 Å². The third kappa shape index (κ3) is 4.76. The van der Waals surface area contributed by atoms with Gasteiger partial charge in [0.15, 0.2) is 0 Å². The Morgan fingerprint density at radius 2 is 1.06 bits per heavy atom. The minimum atomic E-state index is -0.0540. The number of hydrogen-bond acceptors (Lipinski definition) is 3. The maximum atomic E-state index is 7.08. The van der Waals surface area contributed by atoms with Crippen LogP contribution in [0.5, 0.6) is 0 Å². The van der Waals surface area contributed by atoms with Gasteiger partial charge >= 0.3 is 0 Å². The first-order chi connectivity index (χ1) is 26.4. The Hall–Kier alpha value is -6.26. The Labute approximate surface area is 317 Å². The van der Waals surface area contributed by atoms with Crippen LogP contribution in [-0.4, -0.2) is 6.71 Å². The number of benzene rings is 7. The van der Waals surface area contributed by atoms with Gasteiger partial charge < -0.3 is 14.2 Å². The van der Waals surface area contributed by atoms with Crippen molar-refractivity contribution in [3.8, 4) is 22.3 Å². The minimum Gasteiger partial charge on any atom is -0.468 e. The van der Waals surface area contributed by atoms with E-state index >= 15 is 0 Å². The van der Waals surface area contributed by atoms with Crippen LogP contribution in [0, 0.1) is 12.3 Å². The molecule has 0 N–H and O–H groups in total. The largest absolute Gasteiger partial charge is 0.468 e. The van der Waals surface area contributed by atoms with Crippen LogP contribution < -0.4 is 26.4 Å². The number of nitrogens with zero attached hydrogens (tertiary/aromatic N) is 2. The highest BCUT2D eigenvalue weighted by molar-refractivity contribution is 7.00. The second-order valence-electron chi connectivity index (χ2n) is 16.2. The molecule has 3 nitrogen and oxygen atoms in total. The van der Waals surface area contributed by atoms with Crippen molar-refractivity contribution in [3.05, 3.63) is 174 Å². The zero-order chi connectivity index (χ0) is 36.1. The first-order valence-corrected chi connectivity index (χ1v) is 19.1. The monoisotopic (exact) mass is 694 g/mol. The van der Waals surface area contributed by atoms with Gasteiger partial charge in [0.05, 0.1) is 11.3 Å². The molecule has 0 saturated heterocycles. The van der Waals surface area contributed by atoms with Crippen molar-refractivity contribution in [2.45, 2.75) is 33.6 Å². The van der Waals surface area contributed by atoms with Gasteiger partial charge in [0.2, 0.25) is 0 Å². The van der Waals surface area contributed by atoms with Gasteiger partial charge in [-0.2, -0.15) is 0 Å². The summed E-state index contributed by atoms with van der Waals surface area (Å²) < 4.78 is 7.08. The highest BCUT2D eigenvalue weighted by Crippen LogP contribution is 2.48. The van der Waals surface area contributed by atoms with Crippen molar-refractivity contribution in [1.82, 2.24) is 0 Å². The average Bonchev–Trinajstić information content (AvgIpc) is 3.73. The van der Waals surface area contributed by atoms with Gasteiger partial charge in [-0.05, 0) is 130 Å². The summed E-state index contributed by atoms with van der Waals surface area (Å²) in [5.41, 5.74) is 20.9. The molecule has 0 fully saturated rings. The molecule has 54 heavy (non-hydrogen) atoms. The van der Waals surface area contributed by atoms with E-state index in [1.54, 1.807) is 0 Å². The van der Waals surface area contributed by atoms with Gasteiger partial charge in [0.25, 0.3) is 6.71 Å². The van der Waals surface area contributed by atoms with Crippen LogP contribution in [0.25, 0.3) is 33.2 Å². The van der Waals surface area contributed by atoms with Gasteiger partial charge in [-0.15, -0.1) is 0 Å². The van der Waals surface area contributed by atoms with E-state index in [0.717, 1.165) is 46.5 Å². The molecule has 1 aliphatic carbocycles. The van der Waals surface area contributed by atoms with Crippen LogP contribution in [0.1, 0.15) is 30.5 Å². The van der Waals surface area contributed by atoms with Crippen LogP contribution in [0.3, 0.4) is 0 Å². The molecule has 0 unspecified atom stereocenters. The number of fused-ring (bicyclic) bond motifs is 7. The average molecular weight is 695 g/mol. The van der Waals surface area contributed by atoms with Gasteiger partial charge in [-0.3, -0.25) is 0 Å². The third-order valence-corrected chi connectivity index (χ3v) is 11.8. The van der Waals surface area contributed by atoms with E-state index < -0.39 is 0 Å². The number of hydrogen-bond donors (Lipinski definition) is 0. The lowest BCUT2D eigenvalue weighted by molar-refractivity contribution is 0.392. The number of rotatable bonds is 4. The van der Waals surface area contributed by atoms with E-state index in [1.165, 1.54) is 66.9 Å². The molecule has 0 saturated carbocycles. The van der Waals surface area contributed by atoms with Crippen molar-refractivity contribution in [2.75, 3.05) is 9.80 Å². The van der Waals surface area contributed by atoms with Crippen LogP contribution in [-0.2, 0) is 12.8 Å². The van der Waals surface area contributed by atoms with Crippen molar-refractivity contribution in [1.29, 1.82) is 0 Å². The molecule has 2 aliphatic heterocycles. The summed E-state index contributed by atoms with van der Waals surface area (Å²) in [7, 11) is 0. The van der Waals surface area contributed by atoms with E-state index in [0.29, 0.717) is 0 Å². The SMILES string of the molecule is Cc1cc2c3c(c1)N(c1ccc(-c4ccccc4)cc1)c1c(oc4ccccc14)B3c1cc3c(cc1N2c1ccc(-c2ccccc2)cc1)CC(C)(C)C3. The number of furan rings is 1. The smallest absolute Gasteiger partial charge is 0.297 e. The summed E-state index contributed by atoms with van der Waals surface area (Å²) in [5.74, 6) is 0. The summed E-state index contributed by atoms with van der Waals surface area (Å²) in [6.07, 6.45) is 2.16. The predicted octanol–water partition coefficient (Wildman–Crippen LogP) is 11.3. The molecular formula is C50H39BN2O. The first-order valence-electron chi connectivity index (χ1n) is 19.1. The van der Waals surface area contributed by atoms with Crippen molar-refractivity contribution >= 4 is 68.4 Å². The standard InChI is InChI=1S/C50H39BN2O/c1-32-26-44-47-45(27-32)53(40-24-20-36(21-25-40)34-14-8-5-9-15-34)48-41-16-10-11-17-46(41)54-49(48)51(47)42-28-37-30-50(2,3)31-38(37)29-43(42)52(44)39-22-18-35(19-23-39)33-12-6-4-7-13-33/h4-29H,30-31H2,1-3H3. The third-order valence-electron chi connectivity index (χ3n) is 11.8. The molecule has 1 aromatic heterocycles. The molecule has 3 heterocycles. The highest BCUT2D eigenvalue weighted by atomic mass is 16.3. The van der Waals surface area contributed by atoms with Crippen molar-refractivity contribution in [2.24, 2.45) is 5.41 Å². The van der Waals surface area contributed by atoms with E-state index in [9.17, 15) is 0 Å². The fourth-order valence-electron chi connectivity index (χ4n) is 9.54. The van der Waals surface area contributed by atoms with Gasteiger partial charge in [-0.25, -0.2) is 0 Å². The van der Waals surface area contributed by atoms with Gasteiger partial charge in [0.1, 0.15) is 5.58 Å². The van der Waals surface area contributed by atoms with Gasteiger partial charge in [-0.1, -0.05) is 117 Å². The summed E-state index contributed by atoms with van der Waals surface area (Å²) in [6.45, 7) is 6.99. The first kappa shape index (κ1) is 31.3. The number of para-hydroxylation sites is 1. The summed E-state index contributed by atoms with van der Waals surface area (Å²) in [5, 5.41) is 1.14. The van der Waals surface area contributed by atoms with Crippen LogP contribution in [0.4, 0.5) is 34.1 Å². The summed E-state index contributed by atoms with van der Waals surface area (Å²) in [4.78, 5) is 5.00. The Kier molecular flexibility index (Phi) is 6.73. The highest BCUT2D eigenvalue weighted by Gasteiger charge is 2.47. The van der Waals surface area contributed by atoms with E-state index in [2.05, 4.69) is 188 Å². The molecule has 0 atom stereocenters. The van der Waals surface area contributed by atoms with Crippen LogP contribution >= 0.6 is 0 Å². The molecule has 8 aromatic rings. The molecule has 7 aromatic carbocycles. The molecule has 0 spiro atoms. The number of aryl methyl sites for hydroxylation is 1. The molecule has 0 bridgehead atoms. The van der Waals surface area contributed by atoms with E-state index in [1.807, 2.05) is 0 Å². The zero-order valence-corrected chi connectivity index (χ0v) is 30.8. The lowest BCUT2D eigenvalue weighted by atomic mass is 9.35. The van der Waals surface area contributed by atoms with Crippen LogP contribution in [0.15, 0.2) is 162 Å². The molecular weight excluding hydrogens is 655 g/mol. The fraction of sp³-hybridized carbons (Fsp3) is 0.120. The molecule has 0 radical (unpaired) electrons. The molecule has 11 rings (SSSR count). The van der Waals surface area contributed by atoms with Crippen molar-refractivity contribution in [3.63, 3.8) is 0 Å². The second kappa shape index (κ2) is 11.6. The second-order valence-corrected chi connectivity index (χ2v) is 16.2. The van der Waals surface area contributed by atoms with Gasteiger partial charge in [0, 0.05) is 33.8 Å². The predicted molar refractivity (Wildman–Crippen MR) is 227 cm³/mol. The Balaban J connectivity index is 1.17. The lowest BCUT2D eigenvalue weighted by Gasteiger charge is -2.43. The zero-order valence-electron chi connectivity index (χ0n) is 30.8. The minimum absolute atomic E-state index is 0.0540.